The molecule has 0 aromatic heterocycles. The third-order valence-electron chi connectivity index (χ3n) is 14.6. The van der Waals surface area contributed by atoms with Gasteiger partial charge in [-0.05, 0) is 31.1 Å². The summed E-state index contributed by atoms with van der Waals surface area (Å²) in [5.41, 5.74) is 0. The Labute approximate surface area is 425 Å². The van der Waals surface area contributed by atoms with Gasteiger partial charge in [0.05, 0.1) is 0 Å². The Hall–Kier alpha value is -1.59. The van der Waals surface area contributed by atoms with E-state index in [1.54, 1.807) is 0 Å². The SMILES string of the molecule is CCCCCCCCCCCCCCCCCCCCCC(=O)O[C@H](COC(=O)CCCCCCCCCCCCCCCCCCC(C)C)COC(=O)CCCCCCCCCCC(C)CC. The Bertz CT molecular complexity index is 1040. The first-order chi connectivity index (χ1) is 33.3. The zero-order valence-electron chi connectivity index (χ0n) is 46.7. The monoisotopic (exact) mass is 961 g/mol. The average molecular weight is 962 g/mol. The summed E-state index contributed by atoms with van der Waals surface area (Å²) in [5.74, 6) is 0.864. The zero-order valence-corrected chi connectivity index (χ0v) is 46.7. The van der Waals surface area contributed by atoms with Crippen molar-refractivity contribution < 1.29 is 28.6 Å². The van der Waals surface area contributed by atoms with Gasteiger partial charge >= 0.3 is 17.9 Å². The number of carbonyl (C=O) groups excluding carboxylic acids is 3. The molecule has 0 N–H and O–H groups in total. The Morgan fingerprint density at radius 2 is 0.559 bits per heavy atom. The van der Waals surface area contributed by atoms with Crippen LogP contribution in [0.25, 0.3) is 0 Å². The minimum absolute atomic E-state index is 0.0627. The van der Waals surface area contributed by atoms with Gasteiger partial charge < -0.3 is 14.2 Å². The van der Waals surface area contributed by atoms with Crippen LogP contribution in [0.4, 0.5) is 0 Å². The van der Waals surface area contributed by atoms with Crippen LogP contribution in [-0.2, 0) is 28.6 Å². The normalized spacial score (nSPS) is 12.4. The van der Waals surface area contributed by atoms with E-state index in [-0.39, 0.29) is 31.1 Å². The van der Waals surface area contributed by atoms with Gasteiger partial charge in [-0.1, -0.05) is 311 Å². The Kier molecular flexibility index (Phi) is 53.5. The lowest BCUT2D eigenvalue weighted by Gasteiger charge is -2.18. The summed E-state index contributed by atoms with van der Waals surface area (Å²) in [4.78, 5) is 38.2. The van der Waals surface area contributed by atoms with Crippen LogP contribution in [0.2, 0.25) is 0 Å². The number of rotatable bonds is 56. The van der Waals surface area contributed by atoms with Gasteiger partial charge in [0.1, 0.15) is 13.2 Å². The van der Waals surface area contributed by atoms with Gasteiger partial charge in [-0.15, -0.1) is 0 Å². The number of ether oxygens (including phenoxy) is 3. The molecule has 0 aromatic carbocycles. The van der Waals surface area contributed by atoms with Crippen LogP contribution in [0.3, 0.4) is 0 Å². The molecule has 6 nitrogen and oxygen atoms in total. The molecule has 0 bridgehead atoms. The molecule has 0 aliphatic heterocycles. The summed E-state index contributed by atoms with van der Waals surface area (Å²) in [6.45, 7) is 11.4. The van der Waals surface area contributed by atoms with Crippen LogP contribution >= 0.6 is 0 Å². The van der Waals surface area contributed by atoms with E-state index in [0.717, 1.165) is 69.6 Å². The summed E-state index contributed by atoms with van der Waals surface area (Å²) in [7, 11) is 0. The third-order valence-corrected chi connectivity index (χ3v) is 14.6. The first-order valence-electron chi connectivity index (χ1n) is 30.8. The van der Waals surface area contributed by atoms with Gasteiger partial charge in [-0.25, -0.2) is 0 Å². The number of esters is 3. The van der Waals surface area contributed by atoms with Gasteiger partial charge in [0.25, 0.3) is 0 Å². The average Bonchev–Trinajstić information content (AvgIpc) is 3.32. The van der Waals surface area contributed by atoms with E-state index in [1.165, 1.54) is 238 Å². The van der Waals surface area contributed by atoms with E-state index < -0.39 is 6.10 Å². The zero-order chi connectivity index (χ0) is 49.6. The molecule has 1 unspecified atom stereocenters. The van der Waals surface area contributed by atoms with Gasteiger partial charge in [0.15, 0.2) is 6.10 Å². The highest BCUT2D eigenvalue weighted by Crippen LogP contribution is 2.19. The Morgan fingerprint density at radius 1 is 0.309 bits per heavy atom. The van der Waals surface area contributed by atoms with Gasteiger partial charge in [-0.2, -0.15) is 0 Å². The van der Waals surface area contributed by atoms with Crippen molar-refractivity contribution in [3.63, 3.8) is 0 Å². The predicted molar refractivity (Wildman–Crippen MR) is 293 cm³/mol. The number of carbonyl (C=O) groups is 3. The fourth-order valence-corrected chi connectivity index (χ4v) is 9.55. The lowest BCUT2D eigenvalue weighted by atomic mass is 9.99. The maximum atomic E-state index is 12.9. The highest BCUT2D eigenvalue weighted by molar-refractivity contribution is 5.71. The van der Waals surface area contributed by atoms with Crippen molar-refractivity contribution in [2.45, 2.75) is 355 Å². The minimum atomic E-state index is -0.763. The second-order valence-electron chi connectivity index (χ2n) is 22.1. The molecule has 68 heavy (non-hydrogen) atoms. The van der Waals surface area contributed by atoms with Crippen LogP contribution in [0.1, 0.15) is 349 Å². The van der Waals surface area contributed by atoms with Crippen molar-refractivity contribution >= 4 is 17.9 Å². The molecule has 0 spiro atoms. The molecule has 404 valence electrons. The van der Waals surface area contributed by atoms with Crippen molar-refractivity contribution in [3.8, 4) is 0 Å². The van der Waals surface area contributed by atoms with Crippen molar-refractivity contribution in [1.29, 1.82) is 0 Å². The van der Waals surface area contributed by atoms with Crippen molar-refractivity contribution in [2.24, 2.45) is 11.8 Å². The van der Waals surface area contributed by atoms with E-state index in [4.69, 9.17) is 14.2 Å². The van der Waals surface area contributed by atoms with E-state index in [1.807, 2.05) is 0 Å². The molecule has 0 radical (unpaired) electrons. The molecule has 0 rings (SSSR count). The van der Waals surface area contributed by atoms with E-state index in [9.17, 15) is 14.4 Å². The van der Waals surface area contributed by atoms with E-state index in [2.05, 4.69) is 34.6 Å². The van der Waals surface area contributed by atoms with E-state index in [0.29, 0.717) is 19.3 Å². The van der Waals surface area contributed by atoms with Crippen LogP contribution < -0.4 is 0 Å². The smallest absolute Gasteiger partial charge is 0.306 e. The molecular weight excluding hydrogens is 841 g/mol. The fourth-order valence-electron chi connectivity index (χ4n) is 9.55. The molecule has 0 saturated carbocycles. The summed E-state index contributed by atoms with van der Waals surface area (Å²) >= 11 is 0. The lowest BCUT2D eigenvalue weighted by molar-refractivity contribution is -0.167. The van der Waals surface area contributed by atoms with Crippen LogP contribution in [-0.4, -0.2) is 37.2 Å². The van der Waals surface area contributed by atoms with Gasteiger partial charge in [0.2, 0.25) is 0 Å². The summed E-state index contributed by atoms with van der Waals surface area (Å²) in [5, 5.41) is 0. The maximum Gasteiger partial charge on any atom is 0.306 e. The quantitative estimate of drug-likeness (QED) is 0.0343. The summed E-state index contributed by atoms with van der Waals surface area (Å²) < 4.78 is 16.9. The highest BCUT2D eigenvalue weighted by atomic mass is 16.6. The molecule has 0 heterocycles. The number of unbranched alkanes of at least 4 members (excludes halogenated alkanes) is 40. The molecule has 0 aromatic rings. The predicted octanol–water partition coefficient (Wildman–Crippen LogP) is 20.4. The molecule has 0 aliphatic carbocycles. The van der Waals surface area contributed by atoms with Crippen molar-refractivity contribution in [3.05, 3.63) is 0 Å². The van der Waals surface area contributed by atoms with E-state index >= 15 is 0 Å². The van der Waals surface area contributed by atoms with Gasteiger partial charge in [-0.3, -0.25) is 14.4 Å². The van der Waals surface area contributed by atoms with Gasteiger partial charge in [0, 0.05) is 19.3 Å². The van der Waals surface area contributed by atoms with Crippen LogP contribution in [0.5, 0.6) is 0 Å². The molecule has 6 heteroatoms. The van der Waals surface area contributed by atoms with Crippen LogP contribution in [0, 0.1) is 11.8 Å². The first-order valence-corrected chi connectivity index (χ1v) is 30.8. The highest BCUT2D eigenvalue weighted by Gasteiger charge is 2.19. The standard InChI is InChI=1S/C62H120O6/c1-6-8-9-10-11-12-13-14-15-16-17-18-23-26-29-32-39-44-49-54-62(65)68-59(56-67-61(64)53-48-43-38-34-33-36-41-46-51-58(5)7-2)55-66-60(63)52-47-42-37-31-28-25-22-20-19-21-24-27-30-35-40-45-50-57(3)4/h57-59H,6-56H2,1-5H3/t58?,59-/m1/s1. The summed E-state index contributed by atoms with van der Waals surface area (Å²) in [6.07, 6.45) is 59.6. The maximum absolute atomic E-state index is 12.9. The summed E-state index contributed by atoms with van der Waals surface area (Å²) in [6, 6.07) is 0. The molecule has 0 saturated heterocycles. The Morgan fingerprint density at radius 3 is 0.838 bits per heavy atom. The second-order valence-corrected chi connectivity index (χ2v) is 22.1. The van der Waals surface area contributed by atoms with Crippen LogP contribution in [0.15, 0.2) is 0 Å². The van der Waals surface area contributed by atoms with Crippen molar-refractivity contribution in [2.75, 3.05) is 13.2 Å². The molecule has 0 aliphatic rings. The Balaban J connectivity index is 4.26. The number of hydrogen-bond acceptors (Lipinski definition) is 6. The lowest BCUT2D eigenvalue weighted by Crippen LogP contribution is -2.30. The third kappa shape index (κ3) is 53.8. The molecular formula is C62H120O6. The molecule has 0 fully saturated rings. The fraction of sp³-hybridized carbons (Fsp3) is 0.952. The minimum Gasteiger partial charge on any atom is -0.462 e. The first kappa shape index (κ1) is 66.4. The van der Waals surface area contributed by atoms with Crippen molar-refractivity contribution in [1.82, 2.24) is 0 Å². The molecule has 2 atom stereocenters. The second kappa shape index (κ2) is 54.7. The molecule has 0 amide bonds. The number of hydrogen-bond donors (Lipinski definition) is 0. The topological polar surface area (TPSA) is 78.9 Å². The largest absolute Gasteiger partial charge is 0.462 e.